The van der Waals surface area contributed by atoms with Gasteiger partial charge in [-0.15, -0.1) is 24.8 Å². The summed E-state index contributed by atoms with van der Waals surface area (Å²) in [4.78, 5) is 2.48. The Labute approximate surface area is 133 Å². The molecule has 1 aliphatic heterocycles. The van der Waals surface area contributed by atoms with Gasteiger partial charge in [0.05, 0.1) is 6.04 Å². The number of hydrogen-bond donors (Lipinski definition) is 2. The first kappa shape index (κ1) is 19.7. The Hall–Kier alpha value is -0.260. The third kappa shape index (κ3) is 5.26. The lowest BCUT2D eigenvalue weighted by atomic mass is 10.00. The Morgan fingerprint density at radius 3 is 2.40 bits per heavy atom. The highest BCUT2D eigenvalue weighted by Crippen LogP contribution is 2.29. The van der Waals surface area contributed by atoms with Gasteiger partial charge in [-0.1, -0.05) is 13.8 Å². The van der Waals surface area contributed by atoms with Crippen LogP contribution in [-0.2, 0) is 6.61 Å². The number of aliphatic hydroxyl groups is 1. The first-order valence-electron chi connectivity index (χ1n) is 6.85. The summed E-state index contributed by atoms with van der Waals surface area (Å²) in [7, 11) is 0. The molecule has 0 aliphatic carbocycles. The largest absolute Gasteiger partial charge is 0.462 e. The van der Waals surface area contributed by atoms with Crippen LogP contribution in [0.4, 0.5) is 0 Å². The molecule has 0 spiro atoms. The fourth-order valence-electron chi connectivity index (χ4n) is 2.54. The summed E-state index contributed by atoms with van der Waals surface area (Å²) in [5, 5.41) is 12.5. The summed E-state index contributed by atoms with van der Waals surface area (Å²) >= 11 is 0. The molecule has 1 aromatic heterocycles. The van der Waals surface area contributed by atoms with Crippen molar-refractivity contribution in [2.75, 3.05) is 26.2 Å². The van der Waals surface area contributed by atoms with Crippen LogP contribution in [0.25, 0.3) is 0 Å². The second-order valence-electron chi connectivity index (χ2n) is 5.39. The van der Waals surface area contributed by atoms with Crippen molar-refractivity contribution in [2.45, 2.75) is 32.9 Å². The number of piperazine rings is 1. The zero-order valence-corrected chi connectivity index (χ0v) is 13.8. The molecule has 2 heterocycles. The Balaban J connectivity index is 0.00000180. The van der Waals surface area contributed by atoms with Crippen LogP contribution in [0.5, 0.6) is 0 Å². The van der Waals surface area contributed by atoms with Crippen LogP contribution < -0.4 is 5.32 Å². The topological polar surface area (TPSA) is 48.6 Å². The van der Waals surface area contributed by atoms with E-state index in [2.05, 4.69) is 24.1 Å². The van der Waals surface area contributed by atoms with Gasteiger partial charge in [-0.25, -0.2) is 0 Å². The summed E-state index contributed by atoms with van der Waals surface area (Å²) in [6.07, 6.45) is 1.10. The lowest BCUT2D eigenvalue weighted by molar-refractivity contribution is 0.131. The van der Waals surface area contributed by atoms with Crippen molar-refractivity contribution in [3.8, 4) is 0 Å². The van der Waals surface area contributed by atoms with E-state index in [0.29, 0.717) is 17.7 Å². The number of nitrogens with zero attached hydrogens (tertiary/aromatic N) is 1. The van der Waals surface area contributed by atoms with Crippen LogP contribution in [0.1, 0.15) is 37.8 Å². The SMILES string of the molecule is CC(C)C[C@H](c1ccc(CO)o1)N1CCNCC1.Cl.Cl. The quantitative estimate of drug-likeness (QED) is 0.874. The highest BCUT2D eigenvalue weighted by Gasteiger charge is 2.25. The standard InChI is InChI=1S/C14H24N2O2.2ClH/c1-11(2)9-13(16-7-5-15-6-8-16)14-4-3-12(10-17)18-14;;/h3-4,11,13,15,17H,5-10H2,1-2H3;2*1H/t13-;;/m1../s1. The fraction of sp³-hybridized carbons (Fsp3) is 0.714. The third-order valence-corrected chi connectivity index (χ3v) is 3.45. The van der Waals surface area contributed by atoms with Crippen LogP contribution in [0.2, 0.25) is 0 Å². The smallest absolute Gasteiger partial charge is 0.129 e. The molecule has 1 saturated heterocycles. The monoisotopic (exact) mass is 324 g/mol. The molecule has 1 aromatic rings. The number of hydrogen-bond acceptors (Lipinski definition) is 4. The maximum absolute atomic E-state index is 9.11. The highest BCUT2D eigenvalue weighted by atomic mass is 35.5. The van der Waals surface area contributed by atoms with Crippen molar-refractivity contribution < 1.29 is 9.52 Å². The molecule has 0 aromatic carbocycles. The number of aliphatic hydroxyl groups excluding tert-OH is 1. The number of furan rings is 1. The number of nitrogens with one attached hydrogen (secondary N) is 1. The molecule has 118 valence electrons. The molecule has 0 saturated carbocycles. The van der Waals surface area contributed by atoms with Crippen LogP contribution in [0.3, 0.4) is 0 Å². The summed E-state index contributed by atoms with van der Waals surface area (Å²) in [5.41, 5.74) is 0. The first-order chi connectivity index (χ1) is 8.70. The molecule has 1 aliphatic rings. The molecular formula is C14H26Cl2N2O2. The number of halogens is 2. The first-order valence-corrected chi connectivity index (χ1v) is 6.85. The Morgan fingerprint density at radius 2 is 1.90 bits per heavy atom. The molecule has 4 nitrogen and oxygen atoms in total. The molecule has 6 heteroatoms. The summed E-state index contributed by atoms with van der Waals surface area (Å²) < 4.78 is 5.74. The normalized spacial score (nSPS) is 17.4. The summed E-state index contributed by atoms with van der Waals surface area (Å²) in [5.74, 6) is 2.29. The van der Waals surface area contributed by atoms with Gasteiger partial charge in [-0.2, -0.15) is 0 Å². The molecular weight excluding hydrogens is 299 g/mol. The van der Waals surface area contributed by atoms with E-state index >= 15 is 0 Å². The van der Waals surface area contributed by atoms with Gasteiger partial charge in [0.25, 0.3) is 0 Å². The van der Waals surface area contributed by atoms with Crippen molar-refractivity contribution in [3.05, 3.63) is 23.7 Å². The maximum Gasteiger partial charge on any atom is 0.129 e. The van der Waals surface area contributed by atoms with Crippen molar-refractivity contribution in [2.24, 2.45) is 5.92 Å². The van der Waals surface area contributed by atoms with Crippen LogP contribution in [0.15, 0.2) is 16.5 Å². The van der Waals surface area contributed by atoms with E-state index in [9.17, 15) is 0 Å². The van der Waals surface area contributed by atoms with Crippen LogP contribution in [-0.4, -0.2) is 36.2 Å². The predicted octanol–water partition coefficient (Wildman–Crippen LogP) is 2.61. The highest BCUT2D eigenvalue weighted by molar-refractivity contribution is 5.85. The summed E-state index contributed by atoms with van der Waals surface area (Å²) in [6.45, 7) is 8.68. The average Bonchev–Trinajstić information content (AvgIpc) is 2.85. The Bertz CT molecular complexity index is 366. The minimum Gasteiger partial charge on any atom is -0.462 e. The molecule has 1 fully saturated rings. The number of rotatable bonds is 5. The molecule has 2 rings (SSSR count). The van der Waals surface area contributed by atoms with Gasteiger partial charge in [0.2, 0.25) is 0 Å². The van der Waals surface area contributed by atoms with Gasteiger partial charge in [0.15, 0.2) is 0 Å². The second-order valence-corrected chi connectivity index (χ2v) is 5.39. The van der Waals surface area contributed by atoms with Gasteiger partial charge >= 0.3 is 0 Å². The van der Waals surface area contributed by atoms with E-state index in [-0.39, 0.29) is 31.4 Å². The van der Waals surface area contributed by atoms with Gasteiger partial charge in [-0.3, -0.25) is 4.90 Å². The molecule has 0 radical (unpaired) electrons. The van der Waals surface area contributed by atoms with Gasteiger partial charge in [-0.05, 0) is 24.5 Å². The lowest BCUT2D eigenvalue weighted by Gasteiger charge is -2.34. The minimum absolute atomic E-state index is 0. The van der Waals surface area contributed by atoms with E-state index in [1.807, 2.05) is 12.1 Å². The zero-order valence-electron chi connectivity index (χ0n) is 12.2. The average molecular weight is 325 g/mol. The van der Waals surface area contributed by atoms with Gasteiger partial charge < -0.3 is 14.8 Å². The molecule has 1 atom stereocenters. The molecule has 0 amide bonds. The molecule has 2 N–H and O–H groups in total. The van der Waals surface area contributed by atoms with Crippen molar-refractivity contribution in [1.29, 1.82) is 0 Å². The van der Waals surface area contributed by atoms with E-state index < -0.39 is 0 Å². The summed E-state index contributed by atoms with van der Waals surface area (Å²) in [6, 6.07) is 4.23. The van der Waals surface area contributed by atoms with Crippen molar-refractivity contribution in [1.82, 2.24) is 10.2 Å². The van der Waals surface area contributed by atoms with Gasteiger partial charge in [0, 0.05) is 26.2 Å². The zero-order chi connectivity index (χ0) is 13.0. The minimum atomic E-state index is -0.0179. The third-order valence-electron chi connectivity index (χ3n) is 3.45. The molecule has 20 heavy (non-hydrogen) atoms. The van der Waals surface area contributed by atoms with Crippen LogP contribution >= 0.6 is 24.8 Å². The van der Waals surface area contributed by atoms with E-state index in [1.54, 1.807) is 0 Å². The Morgan fingerprint density at radius 1 is 1.25 bits per heavy atom. The van der Waals surface area contributed by atoms with E-state index in [4.69, 9.17) is 9.52 Å². The van der Waals surface area contributed by atoms with Crippen molar-refractivity contribution in [3.63, 3.8) is 0 Å². The second kappa shape index (κ2) is 9.64. The van der Waals surface area contributed by atoms with Crippen LogP contribution in [0, 0.1) is 5.92 Å². The Kier molecular flexibility index (Phi) is 9.51. The molecule has 0 bridgehead atoms. The van der Waals surface area contributed by atoms with E-state index in [0.717, 1.165) is 38.4 Å². The van der Waals surface area contributed by atoms with Gasteiger partial charge in [0.1, 0.15) is 18.1 Å². The lowest BCUT2D eigenvalue weighted by Crippen LogP contribution is -2.45. The maximum atomic E-state index is 9.11. The van der Waals surface area contributed by atoms with Crippen molar-refractivity contribution >= 4 is 24.8 Å². The van der Waals surface area contributed by atoms with E-state index in [1.165, 1.54) is 0 Å². The fourth-order valence-corrected chi connectivity index (χ4v) is 2.54. The molecule has 0 unspecified atom stereocenters. The predicted molar refractivity (Wildman–Crippen MR) is 85.8 cm³/mol.